The number of hydrogen-bond acceptors (Lipinski definition) is 8. The van der Waals surface area contributed by atoms with Gasteiger partial charge in [-0.25, -0.2) is 0 Å². The maximum atomic E-state index is 12.3. The maximum absolute atomic E-state index is 12.3. The van der Waals surface area contributed by atoms with Gasteiger partial charge in [0.05, 0.1) is 21.2 Å². The second-order valence-electron chi connectivity index (χ2n) is 5.75. The lowest BCUT2D eigenvalue weighted by Gasteiger charge is -2.06. The molecule has 0 aliphatic carbocycles. The van der Waals surface area contributed by atoms with Gasteiger partial charge in [0.25, 0.3) is 17.4 Å². The summed E-state index contributed by atoms with van der Waals surface area (Å²) in [6.07, 6.45) is 0. The molecule has 10 nitrogen and oxygen atoms in total. The first kappa shape index (κ1) is 18.9. The van der Waals surface area contributed by atoms with Gasteiger partial charge in [0.1, 0.15) is 29.1 Å². The highest BCUT2D eigenvalue weighted by Crippen LogP contribution is 2.40. The quantitative estimate of drug-likeness (QED) is 0.537. The Balaban J connectivity index is 2.22. The molecular weight excluding hydrogens is 432 g/mol. The average molecular weight is 441 g/mol. The predicted octanol–water partition coefficient (Wildman–Crippen LogP) is 2.54. The lowest BCUT2D eigenvalue weighted by atomic mass is 10.0. The molecule has 0 bridgehead atoms. The third-order valence-electron chi connectivity index (χ3n) is 4.19. The summed E-state index contributed by atoms with van der Waals surface area (Å²) in [4.78, 5) is 39.1. The van der Waals surface area contributed by atoms with Crippen LogP contribution in [0.15, 0.2) is 25.6 Å². The monoisotopic (exact) mass is 440 g/mol. The minimum Gasteiger partial charge on any atom is -0.493 e. The lowest BCUT2D eigenvalue weighted by molar-refractivity contribution is 0.0693. The van der Waals surface area contributed by atoms with Crippen LogP contribution in [0, 0.1) is 29.6 Å². The number of aromatic amines is 1. The molecule has 0 unspecified atom stereocenters. The van der Waals surface area contributed by atoms with Crippen molar-refractivity contribution in [3.63, 3.8) is 0 Å². The second-order valence-corrected chi connectivity index (χ2v) is 6.55. The number of amides is 2. The van der Waals surface area contributed by atoms with E-state index in [1.807, 2.05) is 6.07 Å². The number of nitrogens with zero attached hydrogens (tertiary/aromatic N) is 5. The largest absolute Gasteiger partial charge is 0.493 e. The van der Waals surface area contributed by atoms with Gasteiger partial charge in [-0.2, -0.15) is 10.5 Å². The molecule has 2 heterocycles. The highest BCUT2D eigenvalue weighted by atomic mass is 79.9. The zero-order valence-electron chi connectivity index (χ0n) is 14.4. The maximum Gasteiger partial charge on any atom is 0.269 e. The molecule has 1 aromatic heterocycles. The topological polar surface area (TPSA) is 163 Å². The Bertz CT molecular complexity index is 1250. The van der Waals surface area contributed by atoms with Gasteiger partial charge in [-0.3, -0.25) is 24.3 Å². The van der Waals surface area contributed by atoms with Crippen LogP contribution >= 0.6 is 15.9 Å². The summed E-state index contributed by atoms with van der Waals surface area (Å²) in [5.41, 5.74) is -1.08. The van der Waals surface area contributed by atoms with E-state index in [0.29, 0.717) is 0 Å². The first-order chi connectivity index (χ1) is 13.2. The van der Waals surface area contributed by atoms with Crippen LogP contribution in [0.1, 0.15) is 37.4 Å². The molecule has 2 amide bonds. The Morgan fingerprint density at radius 3 is 2.39 bits per heavy atom. The van der Waals surface area contributed by atoms with Gasteiger partial charge in [0.15, 0.2) is 0 Å². The van der Waals surface area contributed by atoms with Crippen molar-refractivity contribution in [2.75, 3.05) is 7.05 Å². The Morgan fingerprint density at radius 1 is 1.14 bits per heavy atom. The molecule has 0 saturated carbocycles. The van der Waals surface area contributed by atoms with E-state index < -0.39 is 23.3 Å². The van der Waals surface area contributed by atoms with E-state index in [9.17, 15) is 24.8 Å². The fourth-order valence-electron chi connectivity index (χ4n) is 2.69. The van der Waals surface area contributed by atoms with E-state index in [4.69, 9.17) is 5.26 Å². The van der Waals surface area contributed by atoms with E-state index in [-0.39, 0.29) is 43.7 Å². The summed E-state index contributed by atoms with van der Waals surface area (Å²) in [6, 6.07) is 4.82. The molecule has 3 rings (SSSR count). The number of hydrogen-bond donors (Lipinski definition) is 2. The molecule has 1 aliphatic heterocycles. The number of halogens is 1. The normalized spacial score (nSPS) is 13.0. The Hall–Kier alpha value is -3.83. The molecule has 0 fully saturated rings. The number of benzene rings is 1. The third kappa shape index (κ3) is 2.66. The predicted molar refractivity (Wildman–Crippen MR) is 97.6 cm³/mol. The van der Waals surface area contributed by atoms with Crippen LogP contribution in [0.2, 0.25) is 0 Å². The molecule has 0 atom stereocenters. The van der Waals surface area contributed by atoms with E-state index in [1.54, 1.807) is 6.07 Å². The molecule has 138 valence electrons. The van der Waals surface area contributed by atoms with Crippen LogP contribution in [-0.4, -0.2) is 33.9 Å². The Labute approximate surface area is 165 Å². The molecule has 0 spiro atoms. The van der Waals surface area contributed by atoms with E-state index in [2.05, 4.69) is 31.1 Å². The molecule has 0 radical (unpaired) electrons. The van der Waals surface area contributed by atoms with Gasteiger partial charge >= 0.3 is 0 Å². The van der Waals surface area contributed by atoms with Crippen LogP contribution < -0.4 is 5.56 Å². The van der Waals surface area contributed by atoms with Crippen LogP contribution in [0.3, 0.4) is 0 Å². The molecule has 28 heavy (non-hydrogen) atoms. The molecular formula is C17H9BrN6O4. The van der Waals surface area contributed by atoms with E-state index >= 15 is 0 Å². The van der Waals surface area contributed by atoms with Crippen molar-refractivity contribution >= 4 is 39.1 Å². The van der Waals surface area contributed by atoms with Gasteiger partial charge < -0.3 is 5.11 Å². The number of nitrogens with one attached hydrogen (secondary N) is 1. The van der Waals surface area contributed by atoms with Crippen molar-refractivity contribution in [2.24, 2.45) is 10.2 Å². The van der Waals surface area contributed by atoms with Crippen LogP contribution in [-0.2, 0) is 0 Å². The first-order valence-electron chi connectivity index (χ1n) is 7.59. The number of imide groups is 1. The van der Waals surface area contributed by atoms with Gasteiger partial charge in [0, 0.05) is 12.6 Å². The van der Waals surface area contributed by atoms with Crippen molar-refractivity contribution in [2.45, 2.75) is 6.92 Å². The van der Waals surface area contributed by atoms with Crippen molar-refractivity contribution < 1.29 is 14.7 Å². The number of rotatable bonds is 2. The van der Waals surface area contributed by atoms with Gasteiger partial charge in [-0.15, -0.1) is 10.2 Å². The summed E-state index contributed by atoms with van der Waals surface area (Å²) < 4.78 is 0.0927. The number of carbonyl (C=O) groups is 2. The first-order valence-corrected chi connectivity index (χ1v) is 8.38. The standard InChI is InChI=1S/C17H9BrN6O4/c1-6-9(5-20)14(25)21-15(26)12(6)22-23-13-7(4-19)3-8-10(11(13)18)17(28)24(2)16(8)27/h3H,1-2H3,(H2,21,25,26)/b23-22+. The Kier molecular flexibility index (Phi) is 4.55. The zero-order valence-corrected chi connectivity index (χ0v) is 15.9. The number of aromatic hydroxyl groups is 1. The summed E-state index contributed by atoms with van der Waals surface area (Å²) in [6.45, 7) is 1.40. The molecule has 2 aromatic rings. The fourth-order valence-corrected chi connectivity index (χ4v) is 3.37. The van der Waals surface area contributed by atoms with Crippen LogP contribution in [0.25, 0.3) is 0 Å². The van der Waals surface area contributed by atoms with Gasteiger partial charge in [-0.1, -0.05) is 0 Å². The van der Waals surface area contributed by atoms with Crippen LogP contribution in [0.4, 0.5) is 11.4 Å². The molecule has 2 N–H and O–H groups in total. The van der Waals surface area contributed by atoms with E-state index in [0.717, 1.165) is 4.90 Å². The molecule has 11 heteroatoms. The van der Waals surface area contributed by atoms with E-state index in [1.165, 1.54) is 20.0 Å². The molecule has 0 saturated heterocycles. The van der Waals surface area contributed by atoms with Crippen LogP contribution in [0.5, 0.6) is 5.88 Å². The smallest absolute Gasteiger partial charge is 0.269 e. The molecule has 1 aliphatic rings. The summed E-state index contributed by atoms with van der Waals surface area (Å²) in [5.74, 6) is -1.72. The lowest BCUT2D eigenvalue weighted by Crippen LogP contribution is -2.24. The number of carbonyl (C=O) groups excluding carboxylic acids is 2. The van der Waals surface area contributed by atoms with Crippen molar-refractivity contribution in [3.05, 3.63) is 48.7 Å². The Morgan fingerprint density at radius 2 is 1.79 bits per heavy atom. The summed E-state index contributed by atoms with van der Waals surface area (Å²) in [7, 11) is 1.31. The number of fused-ring (bicyclic) bond motifs is 1. The fraction of sp³-hybridized carbons (Fsp3) is 0.118. The highest BCUT2D eigenvalue weighted by molar-refractivity contribution is 9.10. The van der Waals surface area contributed by atoms with Gasteiger partial charge in [-0.05, 0) is 28.9 Å². The highest BCUT2D eigenvalue weighted by Gasteiger charge is 2.37. The summed E-state index contributed by atoms with van der Waals surface area (Å²) in [5, 5.41) is 36.2. The number of azo groups is 1. The summed E-state index contributed by atoms with van der Waals surface area (Å²) >= 11 is 3.19. The number of nitriles is 2. The van der Waals surface area contributed by atoms with Crippen molar-refractivity contribution in [3.8, 4) is 18.0 Å². The number of aromatic nitrogens is 1. The number of H-pyrrole nitrogens is 1. The minimum absolute atomic E-state index is 0.0344. The van der Waals surface area contributed by atoms with Crippen molar-refractivity contribution in [1.82, 2.24) is 9.88 Å². The third-order valence-corrected chi connectivity index (χ3v) is 4.96. The zero-order chi connectivity index (χ0) is 20.7. The van der Waals surface area contributed by atoms with Crippen molar-refractivity contribution in [1.29, 1.82) is 10.5 Å². The second kappa shape index (κ2) is 6.72. The van der Waals surface area contributed by atoms with Gasteiger partial charge in [0.2, 0.25) is 5.88 Å². The SMILES string of the molecule is Cc1c(/N=N/c2c(C#N)cc3c(c2Br)C(=O)N(C)C3=O)c(O)[nH]c(=O)c1C#N. The molecule has 1 aromatic carbocycles. The average Bonchev–Trinajstić information content (AvgIpc) is 2.87. The number of pyridine rings is 1. The minimum atomic E-state index is -0.778.